The van der Waals surface area contributed by atoms with E-state index < -0.39 is 5.97 Å². The first-order valence-electron chi connectivity index (χ1n) is 3.47. The van der Waals surface area contributed by atoms with Gasteiger partial charge in [0, 0.05) is 6.20 Å². The van der Waals surface area contributed by atoms with Crippen LogP contribution in [0.15, 0.2) is 18.8 Å². The summed E-state index contributed by atoms with van der Waals surface area (Å²) in [5.74, 6) is -0.932. The van der Waals surface area contributed by atoms with Gasteiger partial charge in [-0.25, -0.2) is 4.79 Å². The van der Waals surface area contributed by atoms with Crippen LogP contribution in [-0.2, 0) is 0 Å². The Morgan fingerprint density at radius 3 is 2.92 bits per heavy atom. The smallest absolute Gasteiger partial charge is 0.336 e. The van der Waals surface area contributed by atoms with Crippen LogP contribution in [0.4, 0.5) is 0 Å². The fourth-order valence-electron chi connectivity index (χ4n) is 0.882. The molecule has 0 unspecified atom stereocenters. The van der Waals surface area contributed by atoms with E-state index >= 15 is 0 Å². The van der Waals surface area contributed by atoms with E-state index in [1.165, 1.54) is 18.3 Å². The Labute approximate surface area is 70.4 Å². The number of rotatable bonds is 2. The van der Waals surface area contributed by atoms with E-state index in [9.17, 15) is 4.79 Å². The Balaban J connectivity index is 3.25. The number of aromatic nitrogens is 1. The molecule has 0 saturated heterocycles. The SMILES string of the molecule is C=Cc1cc(C(=O)O)c(C)cn1. The fourth-order valence-corrected chi connectivity index (χ4v) is 0.882. The van der Waals surface area contributed by atoms with Gasteiger partial charge in [-0.05, 0) is 24.6 Å². The summed E-state index contributed by atoms with van der Waals surface area (Å²) < 4.78 is 0. The van der Waals surface area contributed by atoms with Crippen molar-refractivity contribution in [3.63, 3.8) is 0 Å². The van der Waals surface area contributed by atoms with Gasteiger partial charge in [0.2, 0.25) is 0 Å². The Hall–Kier alpha value is -1.64. The lowest BCUT2D eigenvalue weighted by Crippen LogP contribution is -2.00. The Morgan fingerprint density at radius 2 is 2.42 bits per heavy atom. The van der Waals surface area contributed by atoms with Crippen LogP contribution >= 0.6 is 0 Å². The highest BCUT2D eigenvalue weighted by molar-refractivity contribution is 5.89. The normalized spacial score (nSPS) is 9.42. The molecular formula is C9H9NO2. The van der Waals surface area contributed by atoms with E-state index in [4.69, 9.17) is 5.11 Å². The van der Waals surface area contributed by atoms with Crippen molar-refractivity contribution in [2.45, 2.75) is 6.92 Å². The molecule has 1 aromatic rings. The third-order valence-corrected chi connectivity index (χ3v) is 1.56. The molecule has 0 aromatic carbocycles. The largest absolute Gasteiger partial charge is 0.478 e. The minimum atomic E-state index is -0.932. The molecule has 0 aliphatic heterocycles. The molecule has 1 heterocycles. The molecule has 62 valence electrons. The van der Waals surface area contributed by atoms with E-state index in [0.29, 0.717) is 11.3 Å². The summed E-state index contributed by atoms with van der Waals surface area (Å²) in [5.41, 5.74) is 1.52. The first-order chi connectivity index (χ1) is 5.65. The third-order valence-electron chi connectivity index (χ3n) is 1.56. The summed E-state index contributed by atoms with van der Waals surface area (Å²) in [5, 5.41) is 8.72. The minimum absolute atomic E-state index is 0.278. The minimum Gasteiger partial charge on any atom is -0.478 e. The molecule has 0 bridgehead atoms. The lowest BCUT2D eigenvalue weighted by Gasteiger charge is -1.99. The predicted molar refractivity (Wildman–Crippen MR) is 46.0 cm³/mol. The Bertz CT molecular complexity index is 331. The number of aryl methyl sites for hydroxylation is 1. The van der Waals surface area contributed by atoms with Gasteiger partial charge in [-0.1, -0.05) is 6.58 Å². The second-order valence-electron chi connectivity index (χ2n) is 2.43. The zero-order chi connectivity index (χ0) is 9.14. The van der Waals surface area contributed by atoms with E-state index in [1.807, 2.05) is 0 Å². The number of pyridine rings is 1. The van der Waals surface area contributed by atoms with Crippen molar-refractivity contribution < 1.29 is 9.90 Å². The van der Waals surface area contributed by atoms with Crippen molar-refractivity contribution in [2.24, 2.45) is 0 Å². The zero-order valence-electron chi connectivity index (χ0n) is 6.74. The Morgan fingerprint density at radius 1 is 1.75 bits per heavy atom. The topological polar surface area (TPSA) is 50.2 Å². The van der Waals surface area contributed by atoms with Gasteiger partial charge in [0.15, 0.2) is 0 Å². The van der Waals surface area contributed by atoms with Crippen molar-refractivity contribution in [3.8, 4) is 0 Å². The standard InChI is InChI=1S/C9H9NO2/c1-3-7-4-8(9(11)12)6(2)5-10-7/h3-5H,1H2,2H3,(H,11,12). The lowest BCUT2D eigenvalue weighted by molar-refractivity contribution is 0.0696. The molecular weight excluding hydrogens is 154 g/mol. The molecule has 1 aromatic heterocycles. The van der Waals surface area contributed by atoms with Gasteiger partial charge in [0.1, 0.15) is 0 Å². The zero-order valence-corrected chi connectivity index (χ0v) is 6.74. The number of hydrogen-bond donors (Lipinski definition) is 1. The number of hydrogen-bond acceptors (Lipinski definition) is 2. The first kappa shape index (κ1) is 8.46. The second-order valence-corrected chi connectivity index (χ2v) is 2.43. The molecule has 0 saturated carbocycles. The van der Waals surface area contributed by atoms with Gasteiger partial charge in [0.25, 0.3) is 0 Å². The highest BCUT2D eigenvalue weighted by Crippen LogP contribution is 2.08. The molecule has 0 fully saturated rings. The molecule has 12 heavy (non-hydrogen) atoms. The number of carboxylic acids is 1. The fraction of sp³-hybridized carbons (Fsp3) is 0.111. The van der Waals surface area contributed by atoms with Gasteiger partial charge >= 0.3 is 5.97 Å². The summed E-state index contributed by atoms with van der Waals surface area (Å²) in [6, 6.07) is 1.50. The molecule has 0 radical (unpaired) electrons. The van der Waals surface area contributed by atoms with Gasteiger partial charge < -0.3 is 5.11 Å². The number of aromatic carboxylic acids is 1. The first-order valence-corrected chi connectivity index (χ1v) is 3.47. The average molecular weight is 163 g/mol. The molecule has 3 nitrogen and oxygen atoms in total. The van der Waals surface area contributed by atoms with Crippen molar-refractivity contribution in [3.05, 3.63) is 35.7 Å². The summed E-state index contributed by atoms with van der Waals surface area (Å²) in [6.07, 6.45) is 3.05. The highest BCUT2D eigenvalue weighted by atomic mass is 16.4. The maximum absolute atomic E-state index is 10.6. The van der Waals surface area contributed by atoms with Gasteiger partial charge in [-0.3, -0.25) is 4.98 Å². The summed E-state index contributed by atoms with van der Waals surface area (Å²) in [7, 11) is 0. The van der Waals surface area contributed by atoms with Crippen LogP contribution in [0.5, 0.6) is 0 Å². The summed E-state index contributed by atoms with van der Waals surface area (Å²) in [4.78, 5) is 14.6. The average Bonchev–Trinajstić information content (AvgIpc) is 2.05. The quantitative estimate of drug-likeness (QED) is 0.722. The predicted octanol–water partition coefficient (Wildman–Crippen LogP) is 1.73. The van der Waals surface area contributed by atoms with Crippen LogP contribution in [0.2, 0.25) is 0 Å². The van der Waals surface area contributed by atoms with E-state index in [-0.39, 0.29) is 5.56 Å². The number of nitrogens with zero attached hydrogens (tertiary/aromatic N) is 1. The molecule has 0 spiro atoms. The molecule has 0 amide bonds. The molecule has 1 rings (SSSR count). The number of carbonyl (C=O) groups is 1. The molecule has 0 atom stereocenters. The van der Waals surface area contributed by atoms with Gasteiger partial charge in [0.05, 0.1) is 11.3 Å². The molecule has 3 heteroatoms. The highest BCUT2D eigenvalue weighted by Gasteiger charge is 2.06. The van der Waals surface area contributed by atoms with Crippen molar-refractivity contribution in [2.75, 3.05) is 0 Å². The van der Waals surface area contributed by atoms with Crippen molar-refractivity contribution >= 4 is 12.0 Å². The van der Waals surface area contributed by atoms with Crippen molar-refractivity contribution in [1.29, 1.82) is 0 Å². The number of carboxylic acid groups (broad SMARTS) is 1. The van der Waals surface area contributed by atoms with E-state index in [0.717, 1.165) is 0 Å². The monoisotopic (exact) mass is 163 g/mol. The molecule has 1 N–H and O–H groups in total. The van der Waals surface area contributed by atoms with Crippen LogP contribution in [0, 0.1) is 6.92 Å². The van der Waals surface area contributed by atoms with Crippen molar-refractivity contribution in [1.82, 2.24) is 4.98 Å². The van der Waals surface area contributed by atoms with Crippen LogP contribution in [0.25, 0.3) is 6.08 Å². The van der Waals surface area contributed by atoms with Crippen LogP contribution in [0.1, 0.15) is 21.6 Å². The maximum Gasteiger partial charge on any atom is 0.336 e. The van der Waals surface area contributed by atoms with Crippen LogP contribution in [0.3, 0.4) is 0 Å². The second kappa shape index (κ2) is 3.17. The summed E-state index contributed by atoms with van der Waals surface area (Å²) >= 11 is 0. The maximum atomic E-state index is 10.6. The van der Waals surface area contributed by atoms with Gasteiger partial charge in [-0.15, -0.1) is 0 Å². The van der Waals surface area contributed by atoms with Gasteiger partial charge in [-0.2, -0.15) is 0 Å². The van der Waals surface area contributed by atoms with E-state index in [2.05, 4.69) is 11.6 Å². The third kappa shape index (κ3) is 1.50. The lowest BCUT2D eigenvalue weighted by atomic mass is 10.1. The van der Waals surface area contributed by atoms with Crippen LogP contribution < -0.4 is 0 Å². The van der Waals surface area contributed by atoms with E-state index in [1.54, 1.807) is 6.92 Å². The Kier molecular flexibility index (Phi) is 2.24. The molecule has 0 aliphatic carbocycles. The summed E-state index contributed by atoms with van der Waals surface area (Å²) in [6.45, 7) is 5.22. The van der Waals surface area contributed by atoms with Crippen LogP contribution in [-0.4, -0.2) is 16.1 Å². The molecule has 0 aliphatic rings.